The highest BCUT2D eigenvalue weighted by atomic mass is 32.2. The zero-order valence-corrected chi connectivity index (χ0v) is 22.9. The topological polar surface area (TPSA) is 96.0 Å². The van der Waals surface area contributed by atoms with Crippen LogP contribution in [0.15, 0.2) is 54.6 Å². The van der Waals surface area contributed by atoms with Gasteiger partial charge < -0.3 is 15.0 Å². The molecular formula is C28H39N3O5S. The van der Waals surface area contributed by atoms with Gasteiger partial charge in [0.2, 0.25) is 21.8 Å². The summed E-state index contributed by atoms with van der Waals surface area (Å²) in [5, 5.41) is 3.15. The highest BCUT2D eigenvalue weighted by Gasteiger charge is 2.30. The molecule has 1 unspecified atom stereocenters. The van der Waals surface area contributed by atoms with Gasteiger partial charge in [-0.25, -0.2) is 8.42 Å². The van der Waals surface area contributed by atoms with E-state index >= 15 is 0 Å². The van der Waals surface area contributed by atoms with E-state index in [1.54, 1.807) is 36.3 Å². The predicted octanol–water partition coefficient (Wildman–Crippen LogP) is 4.11. The molecule has 1 saturated carbocycles. The Bertz CT molecular complexity index is 1120. The van der Waals surface area contributed by atoms with E-state index in [0.29, 0.717) is 30.8 Å². The molecule has 1 aliphatic carbocycles. The standard InChI is InChI=1S/C28H39N3O5S/c1-4-26(28(33)29-23-13-8-9-14-23)30(21-22-11-6-5-7-12-22)27(32)15-10-20-31(37(3,34)35)24-16-18-25(36-2)19-17-24/h5-7,11-12,16-19,23,26H,4,8-10,13-15,20-21H2,1-3H3,(H,29,33). The van der Waals surface area contributed by atoms with Crippen LogP contribution in [0.5, 0.6) is 5.75 Å². The maximum atomic E-state index is 13.5. The summed E-state index contributed by atoms with van der Waals surface area (Å²) in [4.78, 5) is 28.4. The number of nitrogens with one attached hydrogen (secondary N) is 1. The zero-order valence-electron chi connectivity index (χ0n) is 22.1. The number of amides is 2. The van der Waals surface area contributed by atoms with Gasteiger partial charge in [-0.15, -0.1) is 0 Å². The highest BCUT2D eigenvalue weighted by molar-refractivity contribution is 7.92. The van der Waals surface area contributed by atoms with Crippen LogP contribution in [0.1, 0.15) is 57.4 Å². The van der Waals surface area contributed by atoms with Crippen LogP contribution >= 0.6 is 0 Å². The van der Waals surface area contributed by atoms with Crippen molar-refractivity contribution < 1.29 is 22.7 Å². The fraction of sp³-hybridized carbons (Fsp3) is 0.500. The van der Waals surface area contributed by atoms with E-state index in [1.165, 1.54) is 4.31 Å². The Morgan fingerprint density at radius 1 is 1.05 bits per heavy atom. The molecule has 1 fully saturated rings. The molecular weight excluding hydrogens is 490 g/mol. The molecule has 0 aliphatic heterocycles. The third kappa shape index (κ3) is 8.21. The monoisotopic (exact) mass is 529 g/mol. The minimum Gasteiger partial charge on any atom is -0.497 e. The lowest BCUT2D eigenvalue weighted by atomic mass is 10.1. The summed E-state index contributed by atoms with van der Waals surface area (Å²) in [6, 6.07) is 16.0. The average Bonchev–Trinajstić information content (AvgIpc) is 3.39. The minimum atomic E-state index is -3.55. The molecule has 8 nitrogen and oxygen atoms in total. The molecule has 2 aromatic rings. The molecule has 3 rings (SSSR count). The van der Waals surface area contributed by atoms with Crippen LogP contribution in [0.25, 0.3) is 0 Å². The van der Waals surface area contributed by atoms with Gasteiger partial charge in [0, 0.05) is 25.6 Å². The molecule has 2 aromatic carbocycles. The van der Waals surface area contributed by atoms with Crippen molar-refractivity contribution in [1.82, 2.24) is 10.2 Å². The van der Waals surface area contributed by atoms with Crippen molar-refractivity contribution in [3.8, 4) is 5.75 Å². The van der Waals surface area contributed by atoms with E-state index in [-0.39, 0.29) is 30.8 Å². The number of methoxy groups -OCH3 is 1. The summed E-state index contributed by atoms with van der Waals surface area (Å²) < 4.78 is 31.4. The average molecular weight is 530 g/mol. The van der Waals surface area contributed by atoms with Crippen molar-refractivity contribution in [3.63, 3.8) is 0 Å². The molecule has 0 spiro atoms. The Morgan fingerprint density at radius 2 is 1.70 bits per heavy atom. The lowest BCUT2D eigenvalue weighted by Gasteiger charge is -2.32. The number of benzene rings is 2. The van der Waals surface area contributed by atoms with E-state index in [0.717, 1.165) is 37.5 Å². The van der Waals surface area contributed by atoms with Crippen LogP contribution in [-0.4, -0.2) is 57.1 Å². The molecule has 1 N–H and O–H groups in total. The number of hydrogen-bond donors (Lipinski definition) is 1. The fourth-order valence-electron chi connectivity index (χ4n) is 4.82. The SMILES string of the molecule is CCC(C(=O)NC1CCCC1)N(Cc1ccccc1)C(=O)CCCN(c1ccc(OC)cc1)S(C)(=O)=O. The number of ether oxygens (including phenoxy) is 1. The van der Waals surface area contributed by atoms with Crippen molar-refractivity contribution >= 4 is 27.5 Å². The van der Waals surface area contributed by atoms with E-state index < -0.39 is 16.1 Å². The molecule has 1 aliphatic rings. The van der Waals surface area contributed by atoms with E-state index in [1.807, 2.05) is 37.3 Å². The van der Waals surface area contributed by atoms with Crippen molar-refractivity contribution in [2.45, 2.75) is 70.5 Å². The lowest BCUT2D eigenvalue weighted by molar-refractivity contribution is -0.141. The lowest BCUT2D eigenvalue weighted by Crippen LogP contribution is -2.51. The first-order valence-electron chi connectivity index (χ1n) is 13.0. The van der Waals surface area contributed by atoms with Crippen molar-refractivity contribution in [3.05, 3.63) is 60.2 Å². The summed E-state index contributed by atoms with van der Waals surface area (Å²) in [7, 11) is -2.00. The molecule has 1 atom stereocenters. The van der Waals surface area contributed by atoms with Gasteiger partial charge in [0.25, 0.3) is 0 Å². The van der Waals surface area contributed by atoms with Gasteiger partial charge in [0.05, 0.1) is 19.1 Å². The van der Waals surface area contributed by atoms with E-state index in [2.05, 4.69) is 5.32 Å². The summed E-state index contributed by atoms with van der Waals surface area (Å²) in [5.41, 5.74) is 1.46. The molecule has 9 heteroatoms. The van der Waals surface area contributed by atoms with E-state index in [4.69, 9.17) is 4.74 Å². The number of rotatable bonds is 13. The van der Waals surface area contributed by atoms with Crippen molar-refractivity contribution in [2.24, 2.45) is 0 Å². The quantitative estimate of drug-likeness (QED) is 0.421. The second-order valence-electron chi connectivity index (χ2n) is 9.56. The number of nitrogens with zero attached hydrogens (tertiary/aromatic N) is 2. The maximum Gasteiger partial charge on any atom is 0.243 e. The molecule has 0 heterocycles. The van der Waals surface area contributed by atoms with Gasteiger partial charge in [-0.05, 0) is 55.5 Å². The highest BCUT2D eigenvalue weighted by Crippen LogP contribution is 2.23. The Balaban J connectivity index is 1.72. The third-order valence-corrected chi connectivity index (χ3v) is 7.99. The number of sulfonamides is 1. The largest absolute Gasteiger partial charge is 0.497 e. The molecule has 37 heavy (non-hydrogen) atoms. The normalized spacial score (nSPS) is 14.7. The number of anilines is 1. The smallest absolute Gasteiger partial charge is 0.243 e. The zero-order chi connectivity index (χ0) is 26.8. The van der Waals surface area contributed by atoms with Gasteiger partial charge in [0.1, 0.15) is 11.8 Å². The molecule has 2 amide bonds. The molecule has 202 valence electrons. The van der Waals surface area contributed by atoms with Crippen LogP contribution in [-0.2, 0) is 26.2 Å². The summed E-state index contributed by atoms with van der Waals surface area (Å²) in [6.07, 6.45) is 6.27. The van der Waals surface area contributed by atoms with Gasteiger partial charge in [0.15, 0.2) is 0 Å². The summed E-state index contributed by atoms with van der Waals surface area (Å²) >= 11 is 0. The van der Waals surface area contributed by atoms with Crippen LogP contribution in [0.4, 0.5) is 5.69 Å². The van der Waals surface area contributed by atoms with Crippen molar-refractivity contribution in [2.75, 3.05) is 24.2 Å². The molecule has 0 aromatic heterocycles. The Morgan fingerprint density at radius 3 is 2.27 bits per heavy atom. The molecule has 0 radical (unpaired) electrons. The molecule has 0 bridgehead atoms. The Hall–Kier alpha value is -3.07. The van der Waals surface area contributed by atoms with Crippen LogP contribution in [0, 0.1) is 0 Å². The number of carbonyl (C=O) groups excluding carboxylic acids is 2. The first-order valence-corrected chi connectivity index (χ1v) is 14.8. The van der Waals surface area contributed by atoms with Gasteiger partial charge in [-0.2, -0.15) is 0 Å². The Labute approximate surface area is 221 Å². The van der Waals surface area contributed by atoms with E-state index in [9.17, 15) is 18.0 Å². The van der Waals surface area contributed by atoms with Gasteiger partial charge in [-0.1, -0.05) is 50.1 Å². The first-order chi connectivity index (χ1) is 17.7. The molecule has 0 saturated heterocycles. The van der Waals surface area contributed by atoms with Crippen LogP contribution in [0.2, 0.25) is 0 Å². The van der Waals surface area contributed by atoms with Gasteiger partial charge >= 0.3 is 0 Å². The van der Waals surface area contributed by atoms with Crippen molar-refractivity contribution in [1.29, 1.82) is 0 Å². The summed E-state index contributed by atoms with van der Waals surface area (Å²) in [5.74, 6) is 0.348. The van der Waals surface area contributed by atoms with Crippen LogP contribution in [0.3, 0.4) is 0 Å². The second-order valence-corrected chi connectivity index (χ2v) is 11.5. The van der Waals surface area contributed by atoms with Gasteiger partial charge in [-0.3, -0.25) is 13.9 Å². The number of carbonyl (C=O) groups is 2. The summed E-state index contributed by atoms with van der Waals surface area (Å²) in [6.45, 7) is 2.39. The number of hydrogen-bond acceptors (Lipinski definition) is 5. The minimum absolute atomic E-state index is 0.116. The predicted molar refractivity (Wildman–Crippen MR) is 146 cm³/mol. The third-order valence-electron chi connectivity index (χ3n) is 6.80. The van der Waals surface area contributed by atoms with Crippen LogP contribution < -0.4 is 14.4 Å². The first kappa shape index (κ1) is 28.5. The second kappa shape index (κ2) is 13.5. The Kier molecular flexibility index (Phi) is 10.4. The fourth-order valence-corrected chi connectivity index (χ4v) is 5.78. The maximum absolute atomic E-state index is 13.5.